The van der Waals surface area contributed by atoms with Gasteiger partial charge in [-0.25, -0.2) is 0 Å². The molecule has 1 N–H and O–H groups in total. The number of carbonyl (C=O) groups is 2. The molecule has 34 heavy (non-hydrogen) atoms. The highest BCUT2D eigenvalue weighted by Gasteiger charge is 2.45. The maximum atomic E-state index is 13.6. The number of aryl methyl sites for hydroxylation is 2. The van der Waals surface area contributed by atoms with Crippen LogP contribution in [0.25, 0.3) is 11.0 Å². The molecule has 5 rings (SSSR count). The number of carbonyl (C=O) groups excluding carboxylic acids is 2. The van der Waals surface area contributed by atoms with E-state index >= 15 is 0 Å². The number of ether oxygens (including phenoxy) is 1. The van der Waals surface area contributed by atoms with Crippen LogP contribution in [0.5, 0.6) is 0 Å². The lowest BCUT2D eigenvalue weighted by molar-refractivity contribution is -0.129. The van der Waals surface area contributed by atoms with Gasteiger partial charge in [-0.15, -0.1) is 0 Å². The first-order valence-electron chi connectivity index (χ1n) is 11.6. The molecule has 3 aromatic rings. The van der Waals surface area contributed by atoms with Crippen molar-refractivity contribution in [3.8, 4) is 0 Å². The first-order chi connectivity index (χ1) is 16.4. The van der Waals surface area contributed by atoms with Crippen molar-refractivity contribution >= 4 is 22.7 Å². The summed E-state index contributed by atoms with van der Waals surface area (Å²) < 4.78 is 17.0. The summed E-state index contributed by atoms with van der Waals surface area (Å²) >= 11 is 0. The van der Waals surface area contributed by atoms with E-state index < -0.39 is 23.5 Å². The van der Waals surface area contributed by atoms with Crippen molar-refractivity contribution in [2.24, 2.45) is 0 Å². The van der Waals surface area contributed by atoms with Gasteiger partial charge in [0.1, 0.15) is 23.1 Å². The van der Waals surface area contributed by atoms with Crippen LogP contribution in [0.3, 0.4) is 0 Å². The van der Waals surface area contributed by atoms with Crippen LogP contribution in [-0.2, 0) is 9.53 Å². The average molecular weight is 465 g/mol. The molecule has 1 unspecified atom stereocenters. The van der Waals surface area contributed by atoms with E-state index in [4.69, 9.17) is 13.6 Å². The number of hydrogen-bond acceptors (Lipinski definition) is 7. The fourth-order valence-corrected chi connectivity index (χ4v) is 4.71. The second-order valence-electron chi connectivity index (χ2n) is 8.90. The summed E-state index contributed by atoms with van der Waals surface area (Å²) in [4.78, 5) is 30.5. The van der Waals surface area contributed by atoms with Gasteiger partial charge in [0.15, 0.2) is 11.5 Å². The standard InChI is InChI=1S/C26H28N2O6/c1-16-4-6-19-18(14-16)15-21(34-19)24(29)22-23(20-7-5-17(2)33-20)28(26(31)25(22)30)9-3-8-27-10-12-32-13-11-27/h4-7,14-15,23,30H,3,8-13H2,1-2H3. The van der Waals surface area contributed by atoms with E-state index in [9.17, 15) is 14.7 Å². The number of aliphatic hydroxyl groups excluding tert-OH is 1. The van der Waals surface area contributed by atoms with E-state index in [1.165, 1.54) is 4.90 Å². The molecule has 1 fully saturated rings. The highest BCUT2D eigenvalue weighted by molar-refractivity contribution is 6.15. The smallest absolute Gasteiger partial charge is 0.290 e. The minimum Gasteiger partial charge on any atom is -0.503 e. The highest BCUT2D eigenvalue weighted by atomic mass is 16.5. The number of Topliss-reactive ketones (excluding diaryl/α,β-unsaturated/α-hetero) is 1. The normalized spacial score (nSPS) is 19.5. The van der Waals surface area contributed by atoms with Crippen LogP contribution in [0, 0.1) is 13.8 Å². The molecule has 178 valence electrons. The topological polar surface area (TPSA) is 96.4 Å². The summed E-state index contributed by atoms with van der Waals surface area (Å²) in [5.41, 5.74) is 1.61. The highest BCUT2D eigenvalue weighted by Crippen LogP contribution is 2.40. The quantitative estimate of drug-likeness (QED) is 0.529. The van der Waals surface area contributed by atoms with Crippen molar-refractivity contribution in [1.29, 1.82) is 0 Å². The number of nitrogens with zero attached hydrogens (tertiary/aromatic N) is 2. The third-order valence-corrected chi connectivity index (χ3v) is 6.45. The van der Waals surface area contributed by atoms with E-state index in [1.807, 2.05) is 19.1 Å². The van der Waals surface area contributed by atoms with Crippen molar-refractivity contribution < 1.29 is 28.3 Å². The number of furan rings is 2. The molecule has 8 heteroatoms. The summed E-state index contributed by atoms with van der Waals surface area (Å²) in [5.74, 6) is -0.457. The molecule has 1 atom stereocenters. The number of amides is 1. The Morgan fingerprint density at radius 2 is 1.85 bits per heavy atom. The third-order valence-electron chi connectivity index (χ3n) is 6.45. The maximum Gasteiger partial charge on any atom is 0.290 e. The number of hydrogen-bond donors (Lipinski definition) is 1. The van der Waals surface area contributed by atoms with Gasteiger partial charge in [-0.2, -0.15) is 0 Å². The molecule has 0 bridgehead atoms. The Hall–Kier alpha value is -3.36. The molecule has 2 aliphatic heterocycles. The van der Waals surface area contributed by atoms with Crippen molar-refractivity contribution in [3.63, 3.8) is 0 Å². The zero-order valence-corrected chi connectivity index (χ0v) is 19.4. The number of aliphatic hydroxyl groups is 1. The molecule has 0 radical (unpaired) electrons. The Kier molecular flexibility index (Phi) is 6.02. The molecule has 1 amide bonds. The Balaban J connectivity index is 1.44. The number of benzene rings is 1. The second kappa shape index (κ2) is 9.12. The molecule has 1 saturated heterocycles. The Bertz CT molecular complexity index is 1260. The zero-order valence-electron chi connectivity index (χ0n) is 19.4. The monoisotopic (exact) mass is 464 g/mol. The summed E-state index contributed by atoms with van der Waals surface area (Å²) in [5, 5.41) is 11.6. The Morgan fingerprint density at radius 3 is 2.59 bits per heavy atom. The van der Waals surface area contributed by atoms with Gasteiger partial charge >= 0.3 is 0 Å². The van der Waals surface area contributed by atoms with E-state index in [1.54, 1.807) is 31.2 Å². The lowest BCUT2D eigenvalue weighted by Gasteiger charge is -2.29. The van der Waals surface area contributed by atoms with Crippen LogP contribution >= 0.6 is 0 Å². The second-order valence-corrected chi connectivity index (χ2v) is 8.90. The molecule has 1 aromatic carbocycles. The SMILES string of the molecule is Cc1ccc2oc(C(=O)C3=C(O)C(=O)N(CCCN4CCOCC4)C3c3ccc(C)o3)cc2c1. The fourth-order valence-electron chi connectivity index (χ4n) is 4.71. The van der Waals surface area contributed by atoms with E-state index in [0.29, 0.717) is 43.3 Å². The first kappa shape index (κ1) is 22.4. The van der Waals surface area contributed by atoms with Crippen molar-refractivity contribution in [2.75, 3.05) is 39.4 Å². The van der Waals surface area contributed by atoms with Gasteiger partial charge in [0.05, 0.1) is 18.8 Å². The number of rotatable bonds is 7. The van der Waals surface area contributed by atoms with Gasteiger partial charge in [-0.3, -0.25) is 14.5 Å². The van der Waals surface area contributed by atoms with Crippen LogP contribution in [-0.4, -0.2) is 66.0 Å². The van der Waals surface area contributed by atoms with Crippen LogP contribution in [0.2, 0.25) is 0 Å². The van der Waals surface area contributed by atoms with Gasteiger partial charge in [0.25, 0.3) is 5.91 Å². The van der Waals surface area contributed by atoms with E-state index in [2.05, 4.69) is 4.90 Å². The lowest BCUT2D eigenvalue weighted by atomic mass is 9.99. The maximum absolute atomic E-state index is 13.6. The van der Waals surface area contributed by atoms with Crippen LogP contribution in [0.4, 0.5) is 0 Å². The molecule has 2 aliphatic rings. The van der Waals surface area contributed by atoms with Crippen LogP contribution < -0.4 is 0 Å². The lowest BCUT2D eigenvalue weighted by Crippen LogP contribution is -2.39. The van der Waals surface area contributed by atoms with Crippen molar-refractivity contribution in [1.82, 2.24) is 9.80 Å². The zero-order chi connectivity index (χ0) is 23.8. The van der Waals surface area contributed by atoms with Gasteiger partial charge in [0, 0.05) is 31.6 Å². The van der Waals surface area contributed by atoms with E-state index in [0.717, 1.165) is 30.6 Å². The van der Waals surface area contributed by atoms with Gasteiger partial charge in [-0.1, -0.05) is 11.6 Å². The Morgan fingerprint density at radius 1 is 1.06 bits per heavy atom. The Labute approximate surface area is 197 Å². The average Bonchev–Trinajstić information content (AvgIpc) is 3.51. The van der Waals surface area contributed by atoms with Crippen molar-refractivity contribution in [2.45, 2.75) is 26.3 Å². The number of ketones is 1. The molecule has 2 aromatic heterocycles. The third kappa shape index (κ3) is 4.15. The molecule has 4 heterocycles. The minimum atomic E-state index is -0.812. The predicted octanol–water partition coefficient (Wildman–Crippen LogP) is 3.94. The summed E-state index contributed by atoms with van der Waals surface area (Å²) in [7, 11) is 0. The predicted molar refractivity (Wildman–Crippen MR) is 125 cm³/mol. The molecule has 0 spiro atoms. The van der Waals surface area contributed by atoms with Crippen LogP contribution in [0.1, 0.15) is 40.1 Å². The summed E-state index contributed by atoms with van der Waals surface area (Å²) in [6.07, 6.45) is 0.695. The number of fused-ring (bicyclic) bond motifs is 1. The molecular weight excluding hydrogens is 436 g/mol. The first-order valence-corrected chi connectivity index (χ1v) is 11.6. The molecule has 8 nitrogen and oxygen atoms in total. The van der Waals surface area contributed by atoms with E-state index in [-0.39, 0.29) is 11.3 Å². The largest absolute Gasteiger partial charge is 0.503 e. The minimum absolute atomic E-state index is 0.0125. The van der Waals surface area contributed by atoms with Crippen LogP contribution in [0.15, 0.2) is 56.6 Å². The van der Waals surface area contributed by atoms with Gasteiger partial charge < -0.3 is 23.6 Å². The summed E-state index contributed by atoms with van der Waals surface area (Å²) in [6.45, 7) is 8.05. The summed E-state index contributed by atoms with van der Waals surface area (Å²) in [6, 6.07) is 10.0. The molecule has 0 saturated carbocycles. The van der Waals surface area contributed by atoms with Gasteiger partial charge in [0.2, 0.25) is 5.78 Å². The fraction of sp³-hybridized carbons (Fsp3) is 0.385. The van der Waals surface area contributed by atoms with Gasteiger partial charge in [-0.05, 0) is 50.6 Å². The number of morpholine rings is 1. The van der Waals surface area contributed by atoms with Crippen molar-refractivity contribution in [3.05, 3.63) is 70.6 Å². The molecular formula is C26H28N2O6. The molecule has 0 aliphatic carbocycles.